The summed E-state index contributed by atoms with van der Waals surface area (Å²) in [6.45, 7) is 5.95. The van der Waals surface area contributed by atoms with E-state index in [4.69, 9.17) is 4.74 Å². The molecule has 2 rings (SSSR count). The molecule has 0 N–H and O–H groups in total. The topological polar surface area (TPSA) is 25.4 Å². The number of anilines is 1. The van der Waals surface area contributed by atoms with E-state index >= 15 is 0 Å². The van der Waals surface area contributed by atoms with Crippen molar-refractivity contribution in [2.45, 2.75) is 26.0 Å². The van der Waals surface area contributed by atoms with Crippen molar-refractivity contribution in [1.29, 1.82) is 0 Å². The molecule has 4 heteroatoms. The van der Waals surface area contributed by atoms with E-state index in [-0.39, 0.29) is 6.10 Å². The molecule has 88 valence electrons. The number of morpholine rings is 1. The summed E-state index contributed by atoms with van der Waals surface area (Å²) in [5.74, 6) is 0. The molecule has 0 amide bonds. The summed E-state index contributed by atoms with van der Waals surface area (Å²) in [7, 11) is 0. The highest BCUT2D eigenvalue weighted by molar-refractivity contribution is 9.09. The van der Waals surface area contributed by atoms with Crippen molar-refractivity contribution in [2.75, 3.05) is 23.4 Å². The number of aryl methyl sites for hydroxylation is 1. The van der Waals surface area contributed by atoms with E-state index in [1.807, 2.05) is 13.1 Å². The highest BCUT2D eigenvalue weighted by Crippen LogP contribution is 2.22. The van der Waals surface area contributed by atoms with Crippen molar-refractivity contribution >= 4 is 21.6 Å². The van der Waals surface area contributed by atoms with Gasteiger partial charge in [-0.05, 0) is 26.0 Å². The van der Waals surface area contributed by atoms with Crippen LogP contribution in [0.3, 0.4) is 0 Å². The van der Waals surface area contributed by atoms with Gasteiger partial charge in [0.2, 0.25) is 0 Å². The normalized spacial score (nSPS) is 25.8. The van der Waals surface area contributed by atoms with Crippen LogP contribution in [0.4, 0.5) is 5.69 Å². The number of ether oxygens (including phenoxy) is 1. The largest absolute Gasteiger partial charge is 0.373 e. The van der Waals surface area contributed by atoms with E-state index in [0.29, 0.717) is 6.04 Å². The Morgan fingerprint density at radius 1 is 1.62 bits per heavy atom. The third-order valence-corrected chi connectivity index (χ3v) is 3.61. The van der Waals surface area contributed by atoms with Crippen LogP contribution in [0.15, 0.2) is 18.3 Å². The Bertz CT molecular complexity index is 359. The lowest BCUT2D eigenvalue weighted by Crippen LogP contribution is -2.49. The van der Waals surface area contributed by atoms with Crippen LogP contribution in [0, 0.1) is 6.92 Å². The van der Waals surface area contributed by atoms with Gasteiger partial charge < -0.3 is 9.64 Å². The summed E-state index contributed by atoms with van der Waals surface area (Å²) in [4.78, 5) is 6.62. The summed E-state index contributed by atoms with van der Waals surface area (Å²) in [6, 6.07) is 4.63. The molecule has 0 bridgehead atoms. The number of hydrogen-bond acceptors (Lipinski definition) is 3. The molecule has 1 aromatic heterocycles. The highest BCUT2D eigenvalue weighted by Gasteiger charge is 2.25. The van der Waals surface area contributed by atoms with Crippen LogP contribution in [-0.2, 0) is 4.74 Å². The van der Waals surface area contributed by atoms with Crippen molar-refractivity contribution in [2.24, 2.45) is 0 Å². The molecule has 2 heterocycles. The minimum atomic E-state index is 0.282. The Balaban J connectivity index is 2.17. The predicted octanol–water partition coefficient (Wildman–Crippen LogP) is 2.38. The first-order valence-corrected chi connectivity index (χ1v) is 6.69. The number of halogens is 1. The number of aromatic nitrogens is 1. The van der Waals surface area contributed by atoms with Gasteiger partial charge in [-0.1, -0.05) is 15.9 Å². The Hall–Kier alpha value is -0.610. The maximum atomic E-state index is 5.72. The molecular weight excluding hydrogens is 268 g/mol. The van der Waals surface area contributed by atoms with Gasteiger partial charge in [-0.2, -0.15) is 0 Å². The van der Waals surface area contributed by atoms with Crippen LogP contribution in [0.1, 0.15) is 12.6 Å². The molecule has 1 fully saturated rings. The predicted molar refractivity (Wildman–Crippen MR) is 69.3 cm³/mol. The fraction of sp³-hybridized carbons (Fsp3) is 0.583. The smallest absolute Gasteiger partial charge is 0.0847 e. The number of hydrogen-bond donors (Lipinski definition) is 0. The fourth-order valence-corrected chi connectivity index (χ4v) is 2.37. The van der Waals surface area contributed by atoms with Gasteiger partial charge in [-0.25, -0.2) is 0 Å². The number of rotatable bonds is 2. The Morgan fingerprint density at radius 2 is 2.44 bits per heavy atom. The molecule has 1 saturated heterocycles. The molecule has 0 saturated carbocycles. The number of pyridine rings is 1. The van der Waals surface area contributed by atoms with Crippen LogP contribution >= 0.6 is 15.9 Å². The minimum absolute atomic E-state index is 0.282. The zero-order chi connectivity index (χ0) is 11.5. The van der Waals surface area contributed by atoms with Crippen molar-refractivity contribution in [1.82, 2.24) is 4.98 Å². The molecule has 0 radical (unpaired) electrons. The van der Waals surface area contributed by atoms with Gasteiger partial charge in [0.15, 0.2) is 0 Å². The summed E-state index contributed by atoms with van der Waals surface area (Å²) in [5, 5.41) is 0.889. The molecule has 0 spiro atoms. The van der Waals surface area contributed by atoms with Crippen molar-refractivity contribution in [3.8, 4) is 0 Å². The standard InChI is InChI=1S/C12H17BrN2O/c1-9-5-11(3-4-14-9)15-7-12(6-13)16-8-10(15)2/h3-5,10,12H,6-8H2,1-2H3. The summed E-state index contributed by atoms with van der Waals surface area (Å²) in [5.41, 5.74) is 2.31. The lowest BCUT2D eigenvalue weighted by Gasteiger charge is -2.39. The van der Waals surface area contributed by atoms with Gasteiger partial charge in [-0.3, -0.25) is 4.98 Å². The average Bonchev–Trinajstić information content (AvgIpc) is 2.30. The maximum Gasteiger partial charge on any atom is 0.0847 e. The van der Waals surface area contributed by atoms with E-state index in [2.05, 4.69) is 44.9 Å². The Morgan fingerprint density at radius 3 is 3.12 bits per heavy atom. The van der Waals surface area contributed by atoms with Crippen molar-refractivity contribution in [3.05, 3.63) is 24.0 Å². The third kappa shape index (κ3) is 2.55. The van der Waals surface area contributed by atoms with Crippen LogP contribution in [-0.4, -0.2) is 35.6 Å². The van der Waals surface area contributed by atoms with E-state index in [0.717, 1.165) is 24.2 Å². The SMILES string of the molecule is Cc1cc(N2CC(CBr)OCC2C)ccn1. The number of alkyl halides is 1. The summed E-state index contributed by atoms with van der Waals surface area (Å²) >= 11 is 3.48. The number of nitrogens with zero attached hydrogens (tertiary/aromatic N) is 2. The van der Waals surface area contributed by atoms with Crippen molar-refractivity contribution in [3.63, 3.8) is 0 Å². The Kier molecular flexibility index (Phi) is 3.82. The Labute approximate surface area is 105 Å². The van der Waals surface area contributed by atoms with Gasteiger partial charge in [0, 0.05) is 35.5 Å². The summed E-state index contributed by atoms with van der Waals surface area (Å²) in [6.07, 6.45) is 2.15. The van der Waals surface area contributed by atoms with Crippen LogP contribution in [0.5, 0.6) is 0 Å². The van der Waals surface area contributed by atoms with E-state index < -0.39 is 0 Å². The second-order valence-electron chi connectivity index (χ2n) is 4.27. The molecular formula is C12H17BrN2O. The molecule has 3 nitrogen and oxygen atoms in total. The van der Waals surface area contributed by atoms with E-state index in [1.54, 1.807) is 0 Å². The van der Waals surface area contributed by atoms with E-state index in [9.17, 15) is 0 Å². The second kappa shape index (κ2) is 5.15. The summed E-state index contributed by atoms with van der Waals surface area (Å²) < 4.78 is 5.72. The molecule has 0 aromatic carbocycles. The molecule has 0 aliphatic carbocycles. The monoisotopic (exact) mass is 284 g/mol. The molecule has 16 heavy (non-hydrogen) atoms. The molecule has 1 aromatic rings. The zero-order valence-corrected chi connectivity index (χ0v) is 11.3. The average molecular weight is 285 g/mol. The van der Waals surface area contributed by atoms with Gasteiger partial charge in [0.1, 0.15) is 0 Å². The van der Waals surface area contributed by atoms with Crippen LogP contribution < -0.4 is 4.90 Å². The molecule has 2 atom stereocenters. The van der Waals surface area contributed by atoms with Crippen molar-refractivity contribution < 1.29 is 4.74 Å². The van der Waals surface area contributed by atoms with E-state index in [1.165, 1.54) is 5.69 Å². The first kappa shape index (κ1) is 11.9. The zero-order valence-electron chi connectivity index (χ0n) is 9.69. The minimum Gasteiger partial charge on any atom is -0.373 e. The maximum absolute atomic E-state index is 5.72. The van der Waals surface area contributed by atoms with Crippen LogP contribution in [0.2, 0.25) is 0 Å². The quantitative estimate of drug-likeness (QED) is 0.780. The highest BCUT2D eigenvalue weighted by atomic mass is 79.9. The lowest BCUT2D eigenvalue weighted by atomic mass is 10.1. The fourth-order valence-electron chi connectivity index (χ4n) is 1.98. The van der Waals surface area contributed by atoms with Gasteiger partial charge in [0.05, 0.1) is 12.7 Å². The van der Waals surface area contributed by atoms with Gasteiger partial charge in [-0.15, -0.1) is 0 Å². The third-order valence-electron chi connectivity index (χ3n) is 2.89. The van der Waals surface area contributed by atoms with Gasteiger partial charge >= 0.3 is 0 Å². The molecule has 1 aliphatic heterocycles. The molecule has 1 aliphatic rings. The lowest BCUT2D eigenvalue weighted by molar-refractivity contribution is 0.0380. The molecule has 2 unspecified atom stereocenters. The second-order valence-corrected chi connectivity index (χ2v) is 4.91. The van der Waals surface area contributed by atoms with Crippen LogP contribution in [0.25, 0.3) is 0 Å². The first-order chi connectivity index (χ1) is 7.70. The van der Waals surface area contributed by atoms with Gasteiger partial charge in [0.25, 0.3) is 0 Å². The first-order valence-electron chi connectivity index (χ1n) is 5.57.